The summed E-state index contributed by atoms with van der Waals surface area (Å²) in [7, 11) is 0. The van der Waals surface area contributed by atoms with Crippen molar-refractivity contribution in [3.8, 4) is 11.3 Å². The van der Waals surface area contributed by atoms with E-state index in [-0.39, 0.29) is 5.91 Å². The molecule has 152 valence electrons. The van der Waals surface area contributed by atoms with Gasteiger partial charge in [0.15, 0.2) is 5.65 Å². The normalized spacial score (nSPS) is 17.2. The second-order valence-corrected chi connectivity index (χ2v) is 8.24. The molecule has 1 aromatic carbocycles. The summed E-state index contributed by atoms with van der Waals surface area (Å²) in [6.45, 7) is 4.66. The standard InChI is InChI=1S/C22H23N7O/c1-14(30)27-8-10-28(11-9-27)21-7-6-20-23-13-19(29(20)26-21)16-4-5-18-17(12-16)22(25-24-18)15-2-3-15/h4-7,12-13,15H,2-3,8-11H2,1H3,(H,24,25). The Hall–Kier alpha value is -3.42. The van der Waals surface area contributed by atoms with E-state index in [1.807, 2.05) is 27.7 Å². The molecule has 3 aromatic heterocycles. The number of rotatable bonds is 3. The van der Waals surface area contributed by atoms with Crippen molar-refractivity contribution < 1.29 is 4.79 Å². The molecule has 0 unspecified atom stereocenters. The van der Waals surface area contributed by atoms with Crippen molar-refractivity contribution in [2.24, 2.45) is 0 Å². The third-order valence-electron chi connectivity index (χ3n) is 6.25. The third kappa shape index (κ3) is 2.82. The summed E-state index contributed by atoms with van der Waals surface area (Å²) < 4.78 is 1.92. The van der Waals surface area contributed by atoms with Crippen LogP contribution < -0.4 is 4.90 Å². The Bertz CT molecular complexity index is 1260. The molecule has 1 amide bonds. The quantitative estimate of drug-likeness (QED) is 0.571. The number of hydrogen-bond acceptors (Lipinski definition) is 5. The molecule has 1 N–H and O–H groups in total. The van der Waals surface area contributed by atoms with Crippen LogP contribution >= 0.6 is 0 Å². The van der Waals surface area contributed by atoms with Gasteiger partial charge in [-0.15, -0.1) is 5.10 Å². The lowest BCUT2D eigenvalue weighted by Gasteiger charge is -2.34. The molecule has 0 atom stereocenters. The van der Waals surface area contributed by atoms with Crippen molar-refractivity contribution in [2.45, 2.75) is 25.7 Å². The highest BCUT2D eigenvalue weighted by atomic mass is 16.2. The first kappa shape index (κ1) is 17.4. The maximum absolute atomic E-state index is 11.6. The van der Waals surface area contributed by atoms with Crippen LogP contribution in [0.25, 0.3) is 27.8 Å². The number of hydrogen-bond donors (Lipinski definition) is 1. The number of carbonyl (C=O) groups is 1. The second kappa shape index (κ2) is 6.55. The zero-order chi connectivity index (χ0) is 20.2. The Morgan fingerprint density at radius 2 is 1.93 bits per heavy atom. The first-order valence-corrected chi connectivity index (χ1v) is 10.5. The maximum atomic E-state index is 11.6. The minimum atomic E-state index is 0.134. The van der Waals surface area contributed by atoms with Crippen molar-refractivity contribution in [1.82, 2.24) is 29.7 Å². The largest absolute Gasteiger partial charge is 0.352 e. The van der Waals surface area contributed by atoms with Crippen LogP contribution in [-0.2, 0) is 4.79 Å². The van der Waals surface area contributed by atoms with Crippen LogP contribution in [0.1, 0.15) is 31.4 Å². The fourth-order valence-electron chi connectivity index (χ4n) is 4.34. The van der Waals surface area contributed by atoms with Gasteiger partial charge in [-0.2, -0.15) is 5.10 Å². The number of aromatic nitrogens is 5. The Balaban J connectivity index is 1.36. The van der Waals surface area contributed by atoms with Gasteiger partial charge in [0.2, 0.25) is 5.91 Å². The maximum Gasteiger partial charge on any atom is 0.219 e. The number of benzene rings is 1. The van der Waals surface area contributed by atoms with Gasteiger partial charge < -0.3 is 9.80 Å². The molecule has 4 heterocycles. The molecule has 2 fully saturated rings. The summed E-state index contributed by atoms with van der Waals surface area (Å²) in [4.78, 5) is 20.3. The molecule has 8 heteroatoms. The zero-order valence-electron chi connectivity index (χ0n) is 16.9. The molecule has 0 radical (unpaired) electrons. The fourth-order valence-corrected chi connectivity index (χ4v) is 4.34. The molecule has 1 aliphatic carbocycles. The van der Waals surface area contributed by atoms with Crippen molar-refractivity contribution in [1.29, 1.82) is 0 Å². The molecule has 1 saturated carbocycles. The summed E-state index contributed by atoms with van der Waals surface area (Å²) in [5.41, 5.74) is 5.14. The molecule has 1 saturated heterocycles. The van der Waals surface area contributed by atoms with Crippen LogP contribution in [0.4, 0.5) is 5.82 Å². The van der Waals surface area contributed by atoms with Crippen molar-refractivity contribution in [3.05, 3.63) is 42.2 Å². The van der Waals surface area contributed by atoms with Crippen LogP contribution in [0, 0.1) is 0 Å². The number of anilines is 1. The van der Waals surface area contributed by atoms with Gasteiger partial charge in [0.1, 0.15) is 5.82 Å². The summed E-state index contributed by atoms with van der Waals surface area (Å²) in [6, 6.07) is 10.4. The SMILES string of the molecule is CC(=O)N1CCN(c2ccc3ncc(-c4ccc5[nH]nc(C6CC6)c5c4)n3n2)CC1. The molecule has 6 rings (SSSR count). The van der Waals surface area contributed by atoms with E-state index < -0.39 is 0 Å². The topological polar surface area (TPSA) is 82.4 Å². The van der Waals surface area contributed by atoms with Crippen LogP contribution in [0.5, 0.6) is 0 Å². The van der Waals surface area contributed by atoms with Crippen LogP contribution in [0.3, 0.4) is 0 Å². The number of piperazine rings is 1. The Morgan fingerprint density at radius 1 is 1.10 bits per heavy atom. The minimum Gasteiger partial charge on any atom is -0.352 e. The zero-order valence-corrected chi connectivity index (χ0v) is 16.9. The highest BCUT2D eigenvalue weighted by Crippen LogP contribution is 2.42. The number of nitrogens with one attached hydrogen (secondary N) is 1. The summed E-state index contributed by atoms with van der Waals surface area (Å²) in [5.74, 6) is 1.64. The van der Waals surface area contributed by atoms with Crippen LogP contribution in [0.15, 0.2) is 36.5 Å². The highest BCUT2D eigenvalue weighted by molar-refractivity contribution is 5.87. The van der Waals surface area contributed by atoms with Gasteiger partial charge >= 0.3 is 0 Å². The lowest BCUT2D eigenvalue weighted by molar-refractivity contribution is -0.129. The number of carbonyl (C=O) groups excluding carboxylic acids is 1. The highest BCUT2D eigenvalue weighted by Gasteiger charge is 2.28. The Kier molecular flexibility index (Phi) is 3.81. The fraction of sp³-hybridized carbons (Fsp3) is 0.364. The molecule has 0 spiro atoms. The van der Waals surface area contributed by atoms with Gasteiger partial charge in [-0.1, -0.05) is 6.07 Å². The lowest BCUT2D eigenvalue weighted by Crippen LogP contribution is -2.48. The third-order valence-corrected chi connectivity index (χ3v) is 6.25. The van der Waals surface area contributed by atoms with Gasteiger partial charge in [-0.3, -0.25) is 9.89 Å². The van der Waals surface area contributed by atoms with Gasteiger partial charge in [-0.25, -0.2) is 9.50 Å². The van der Waals surface area contributed by atoms with Crippen LogP contribution in [-0.4, -0.2) is 61.8 Å². The average Bonchev–Trinajstić information content (AvgIpc) is 3.39. The second-order valence-electron chi connectivity index (χ2n) is 8.24. The predicted molar refractivity (Wildman–Crippen MR) is 115 cm³/mol. The van der Waals surface area contributed by atoms with E-state index in [4.69, 9.17) is 5.10 Å². The minimum absolute atomic E-state index is 0.134. The van der Waals surface area contributed by atoms with Crippen molar-refractivity contribution in [2.75, 3.05) is 31.1 Å². The summed E-state index contributed by atoms with van der Waals surface area (Å²) >= 11 is 0. The smallest absolute Gasteiger partial charge is 0.219 e. The molecule has 2 aliphatic rings. The van der Waals surface area contributed by atoms with Gasteiger partial charge in [0.05, 0.1) is 23.1 Å². The number of aromatic amines is 1. The molecule has 30 heavy (non-hydrogen) atoms. The van der Waals surface area contributed by atoms with Crippen molar-refractivity contribution >= 4 is 28.3 Å². The average molecular weight is 401 g/mol. The Morgan fingerprint density at radius 3 is 2.70 bits per heavy atom. The van der Waals surface area contributed by atoms with E-state index in [9.17, 15) is 4.79 Å². The molecule has 0 bridgehead atoms. The molecule has 8 nitrogen and oxygen atoms in total. The predicted octanol–water partition coefficient (Wildman–Crippen LogP) is 2.82. The van der Waals surface area contributed by atoms with E-state index in [1.165, 1.54) is 23.9 Å². The number of amides is 1. The number of H-pyrrole nitrogens is 1. The molecule has 1 aliphatic heterocycles. The van der Waals surface area contributed by atoms with E-state index in [2.05, 4.69) is 38.3 Å². The first-order valence-electron chi connectivity index (χ1n) is 10.5. The van der Waals surface area contributed by atoms with E-state index in [1.54, 1.807) is 6.92 Å². The summed E-state index contributed by atoms with van der Waals surface area (Å²) in [5, 5.41) is 13.8. The first-order chi connectivity index (χ1) is 14.7. The van der Waals surface area contributed by atoms with Gasteiger partial charge in [0, 0.05) is 50.0 Å². The number of fused-ring (bicyclic) bond motifs is 2. The Labute approximate surface area is 173 Å². The van der Waals surface area contributed by atoms with Crippen molar-refractivity contribution in [3.63, 3.8) is 0 Å². The molecular weight excluding hydrogens is 378 g/mol. The summed E-state index contributed by atoms with van der Waals surface area (Å²) in [6.07, 6.45) is 4.33. The monoisotopic (exact) mass is 401 g/mol. The van der Waals surface area contributed by atoms with Crippen LogP contribution in [0.2, 0.25) is 0 Å². The molecular formula is C22H23N7O. The molecule has 4 aromatic rings. The lowest BCUT2D eigenvalue weighted by atomic mass is 10.1. The number of nitrogens with zero attached hydrogens (tertiary/aromatic N) is 6. The van der Waals surface area contributed by atoms with E-state index >= 15 is 0 Å². The van der Waals surface area contributed by atoms with Gasteiger partial charge in [0.25, 0.3) is 0 Å². The van der Waals surface area contributed by atoms with E-state index in [0.29, 0.717) is 5.92 Å². The van der Waals surface area contributed by atoms with E-state index in [0.717, 1.165) is 54.4 Å². The number of imidazole rings is 1. The van der Waals surface area contributed by atoms with Gasteiger partial charge in [-0.05, 0) is 37.1 Å².